The number of nitrogens with one attached hydrogen (secondary N) is 1. The average Bonchev–Trinajstić information content (AvgIpc) is 2.61. The van der Waals surface area contributed by atoms with Gasteiger partial charge in [0.1, 0.15) is 6.10 Å². The summed E-state index contributed by atoms with van der Waals surface area (Å²) < 4.78 is 19.3. The highest BCUT2D eigenvalue weighted by molar-refractivity contribution is 14.0. The molecule has 0 saturated carbocycles. The van der Waals surface area contributed by atoms with E-state index in [0.717, 1.165) is 12.1 Å². The van der Waals surface area contributed by atoms with Crippen LogP contribution >= 0.6 is 24.0 Å². The SMILES string of the molecule is CCC(CN=C(N)NCCc1ccccn1)Oc1ccccc1F.I. The van der Waals surface area contributed by atoms with Crippen LogP contribution in [0.25, 0.3) is 0 Å². The molecule has 25 heavy (non-hydrogen) atoms. The van der Waals surface area contributed by atoms with Crippen LogP contribution in [0.3, 0.4) is 0 Å². The fraction of sp³-hybridized carbons (Fsp3) is 0.333. The molecule has 0 fully saturated rings. The predicted octanol–water partition coefficient (Wildman–Crippen LogP) is 3.14. The molecular formula is C18H24FIN4O. The Labute approximate surface area is 164 Å². The van der Waals surface area contributed by atoms with Gasteiger partial charge >= 0.3 is 0 Å². The quantitative estimate of drug-likeness (QED) is 0.362. The molecule has 5 nitrogen and oxygen atoms in total. The number of benzene rings is 1. The second kappa shape index (κ2) is 11.6. The monoisotopic (exact) mass is 458 g/mol. The summed E-state index contributed by atoms with van der Waals surface area (Å²) in [5, 5.41) is 3.04. The maximum atomic E-state index is 13.6. The molecule has 3 N–H and O–H groups in total. The van der Waals surface area contributed by atoms with E-state index in [0.29, 0.717) is 25.5 Å². The second-order valence-corrected chi connectivity index (χ2v) is 5.30. The first-order valence-electron chi connectivity index (χ1n) is 8.04. The van der Waals surface area contributed by atoms with Gasteiger partial charge in [-0.15, -0.1) is 24.0 Å². The van der Waals surface area contributed by atoms with Crippen LogP contribution in [0.5, 0.6) is 5.75 Å². The van der Waals surface area contributed by atoms with Crippen molar-refractivity contribution in [1.29, 1.82) is 0 Å². The summed E-state index contributed by atoms with van der Waals surface area (Å²) in [4.78, 5) is 8.51. The number of pyridine rings is 1. The lowest BCUT2D eigenvalue weighted by Crippen LogP contribution is -2.34. The van der Waals surface area contributed by atoms with Gasteiger partial charge in [-0.3, -0.25) is 4.98 Å². The lowest BCUT2D eigenvalue weighted by molar-refractivity contribution is 0.197. The zero-order valence-electron chi connectivity index (χ0n) is 14.2. The van der Waals surface area contributed by atoms with Gasteiger partial charge in [0.05, 0.1) is 6.54 Å². The third kappa shape index (κ3) is 7.68. The molecule has 136 valence electrons. The van der Waals surface area contributed by atoms with Crippen LogP contribution in [-0.4, -0.2) is 30.1 Å². The Morgan fingerprint density at radius 1 is 1.28 bits per heavy atom. The molecule has 1 aromatic heterocycles. The number of aliphatic imine (C=N–C) groups is 1. The lowest BCUT2D eigenvalue weighted by Gasteiger charge is -2.16. The molecule has 0 amide bonds. The smallest absolute Gasteiger partial charge is 0.188 e. The average molecular weight is 458 g/mol. The van der Waals surface area contributed by atoms with E-state index in [4.69, 9.17) is 10.5 Å². The van der Waals surface area contributed by atoms with Crippen LogP contribution in [-0.2, 0) is 6.42 Å². The van der Waals surface area contributed by atoms with Gasteiger partial charge in [0.25, 0.3) is 0 Å². The maximum Gasteiger partial charge on any atom is 0.188 e. The summed E-state index contributed by atoms with van der Waals surface area (Å²) in [6.45, 7) is 2.98. The minimum Gasteiger partial charge on any atom is -0.485 e. The fourth-order valence-corrected chi connectivity index (χ4v) is 2.09. The van der Waals surface area contributed by atoms with Gasteiger partial charge in [-0.1, -0.05) is 25.1 Å². The maximum absolute atomic E-state index is 13.6. The van der Waals surface area contributed by atoms with E-state index in [9.17, 15) is 4.39 Å². The highest BCUT2D eigenvalue weighted by Crippen LogP contribution is 2.18. The molecule has 0 aliphatic heterocycles. The Morgan fingerprint density at radius 2 is 2.04 bits per heavy atom. The van der Waals surface area contributed by atoms with Gasteiger partial charge in [-0.2, -0.15) is 0 Å². The number of guanidine groups is 1. The number of hydrogen-bond donors (Lipinski definition) is 2. The molecule has 1 heterocycles. The molecule has 0 radical (unpaired) electrons. The van der Waals surface area contributed by atoms with Gasteiger partial charge in [0.15, 0.2) is 17.5 Å². The molecule has 0 spiro atoms. The predicted molar refractivity (Wildman–Crippen MR) is 109 cm³/mol. The number of ether oxygens (including phenoxy) is 1. The minimum atomic E-state index is -0.374. The van der Waals surface area contributed by atoms with Crippen molar-refractivity contribution in [3.8, 4) is 5.75 Å². The number of nitrogens with two attached hydrogens (primary N) is 1. The van der Waals surface area contributed by atoms with Gasteiger partial charge < -0.3 is 15.8 Å². The first kappa shape index (κ1) is 21.1. The third-order valence-corrected chi connectivity index (χ3v) is 3.46. The lowest BCUT2D eigenvalue weighted by atomic mass is 10.2. The highest BCUT2D eigenvalue weighted by atomic mass is 127. The zero-order valence-corrected chi connectivity index (χ0v) is 16.5. The first-order chi connectivity index (χ1) is 11.7. The van der Waals surface area contributed by atoms with Crippen molar-refractivity contribution < 1.29 is 9.13 Å². The summed E-state index contributed by atoms with van der Waals surface area (Å²) in [6.07, 6.45) is 3.01. The summed E-state index contributed by atoms with van der Waals surface area (Å²) in [5.41, 5.74) is 6.85. The van der Waals surface area contributed by atoms with Crippen LogP contribution in [0, 0.1) is 5.82 Å². The van der Waals surface area contributed by atoms with Crippen molar-refractivity contribution in [3.05, 3.63) is 60.2 Å². The Balaban J connectivity index is 0.00000312. The molecule has 0 saturated heterocycles. The summed E-state index contributed by atoms with van der Waals surface area (Å²) >= 11 is 0. The molecule has 7 heteroatoms. The zero-order chi connectivity index (χ0) is 17.2. The van der Waals surface area contributed by atoms with Crippen LogP contribution in [0.1, 0.15) is 19.0 Å². The summed E-state index contributed by atoms with van der Waals surface area (Å²) in [6, 6.07) is 12.1. The number of rotatable bonds is 8. The van der Waals surface area contributed by atoms with Gasteiger partial charge in [0.2, 0.25) is 0 Å². The molecule has 1 atom stereocenters. The largest absolute Gasteiger partial charge is 0.485 e. The minimum absolute atomic E-state index is 0. The Hall–Kier alpha value is -1.90. The van der Waals surface area contributed by atoms with E-state index in [1.165, 1.54) is 6.07 Å². The van der Waals surface area contributed by atoms with Gasteiger partial charge in [-0.25, -0.2) is 9.38 Å². The molecule has 0 aliphatic carbocycles. The van der Waals surface area contributed by atoms with Crippen molar-refractivity contribution in [1.82, 2.24) is 10.3 Å². The number of nitrogens with zero attached hydrogens (tertiary/aromatic N) is 2. The van der Waals surface area contributed by atoms with Crippen molar-refractivity contribution in [3.63, 3.8) is 0 Å². The summed E-state index contributed by atoms with van der Waals surface area (Å²) in [5.74, 6) is 0.212. The normalized spacial score (nSPS) is 12.2. The number of hydrogen-bond acceptors (Lipinski definition) is 3. The molecule has 1 unspecified atom stereocenters. The number of halogens is 2. The van der Waals surface area contributed by atoms with Gasteiger partial charge in [0, 0.05) is 24.9 Å². The molecule has 2 rings (SSSR count). The van der Waals surface area contributed by atoms with Crippen LogP contribution in [0.2, 0.25) is 0 Å². The molecule has 1 aromatic carbocycles. The molecule has 0 aliphatic rings. The first-order valence-corrected chi connectivity index (χ1v) is 8.04. The van der Waals surface area contributed by atoms with Crippen molar-refractivity contribution in [2.45, 2.75) is 25.9 Å². The van der Waals surface area contributed by atoms with Crippen molar-refractivity contribution >= 4 is 29.9 Å². The van der Waals surface area contributed by atoms with Crippen LogP contribution in [0.4, 0.5) is 4.39 Å². The van der Waals surface area contributed by atoms with Crippen molar-refractivity contribution in [2.75, 3.05) is 13.1 Å². The topological polar surface area (TPSA) is 72.5 Å². The van der Waals surface area contributed by atoms with Crippen LogP contribution in [0.15, 0.2) is 53.7 Å². The van der Waals surface area contributed by atoms with Gasteiger partial charge in [-0.05, 0) is 30.7 Å². The van der Waals surface area contributed by atoms with E-state index in [-0.39, 0.29) is 41.6 Å². The van der Waals surface area contributed by atoms with E-state index < -0.39 is 0 Å². The Kier molecular flexibility index (Phi) is 9.83. The molecule has 0 bridgehead atoms. The number of aromatic nitrogens is 1. The number of para-hydroxylation sites is 1. The van der Waals surface area contributed by atoms with Crippen molar-refractivity contribution in [2.24, 2.45) is 10.7 Å². The fourth-order valence-electron chi connectivity index (χ4n) is 2.09. The van der Waals surface area contributed by atoms with E-state index in [1.807, 2.05) is 25.1 Å². The summed E-state index contributed by atoms with van der Waals surface area (Å²) in [7, 11) is 0. The Bertz CT molecular complexity index is 655. The van der Waals surface area contributed by atoms with E-state index in [1.54, 1.807) is 24.4 Å². The van der Waals surface area contributed by atoms with E-state index >= 15 is 0 Å². The molecule has 2 aromatic rings. The Morgan fingerprint density at radius 3 is 2.72 bits per heavy atom. The van der Waals surface area contributed by atoms with E-state index in [2.05, 4.69) is 15.3 Å². The second-order valence-electron chi connectivity index (χ2n) is 5.30. The highest BCUT2D eigenvalue weighted by Gasteiger charge is 2.10. The standard InChI is InChI=1S/C18H23FN4O.HI/c1-2-15(24-17-9-4-3-8-16(17)19)13-23-18(20)22-12-10-14-7-5-6-11-21-14;/h3-9,11,15H,2,10,12-13H2,1H3,(H3,20,22,23);1H. The third-order valence-electron chi connectivity index (χ3n) is 3.46. The van der Waals surface area contributed by atoms with Crippen LogP contribution < -0.4 is 15.8 Å². The molecular weight excluding hydrogens is 434 g/mol.